The Morgan fingerprint density at radius 2 is 2.05 bits per heavy atom. The minimum absolute atomic E-state index is 0.0747. The number of anilines is 1. The van der Waals surface area contributed by atoms with Gasteiger partial charge in [0.05, 0.1) is 5.56 Å². The van der Waals surface area contributed by atoms with Crippen LogP contribution in [0.3, 0.4) is 0 Å². The number of methoxy groups -OCH3 is 1. The molecule has 0 aliphatic carbocycles. The molecule has 6 nitrogen and oxygen atoms in total. The summed E-state index contributed by atoms with van der Waals surface area (Å²) in [5, 5.41) is 2.46. The molecule has 0 saturated carbocycles. The van der Waals surface area contributed by atoms with Crippen molar-refractivity contribution in [3.63, 3.8) is 0 Å². The highest BCUT2D eigenvalue weighted by Crippen LogP contribution is 2.14. The maximum absolute atomic E-state index is 11.8. The van der Waals surface area contributed by atoms with Crippen LogP contribution in [-0.4, -0.2) is 36.2 Å². The number of ether oxygens (including phenoxy) is 2. The SMILES string of the molecule is COCC(=O)c1cccnc1NC(=O)OC(C)(C)C. The molecule has 0 aliphatic rings. The number of rotatable bonds is 4. The highest BCUT2D eigenvalue weighted by Gasteiger charge is 2.19. The Morgan fingerprint density at radius 3 is 2.63 bits per heavy atom. The number of hydrogen-bond donors (Lipinski definition) is 1. The zero-order valence-electron chi connectivity index (χ0n) is 11.5. The third kappa shape index (κ3) is 5.05. The van der Waals surface area contributed by atoms with Gasteiger partial charge in [0, 0.05) is 13.3 Å². The number of carbonyl (C=O) groups excluding carboxylic acids is 2. The Morgan fingerprint density at radius 1 is 1.37 bits per heavy atom. The fourth-order valence-corrected chi connectivity index (χ4v) is 1.34. The van der Waals surface area contributed by atoms with Crippen molar-refractivity contribution in [3.8, 4) is 0 Å². The lowest BCUT2D eigenvalue weighted by atomic mass is 10.2. The second kappa shape index (κ2) is 6.29. The average molecular weight is 266 g/mol. The molecule has 1 amide bonds. The number of pyridine rings is 1. The van der Waals surface area contributed by atoms with E-state index < -0.39 is 11.7 Å². The summed E-state index contributed by atoms with van der Waals surface area (Å²) in [5.74, 6) is -0.0968. The van der Waals surface area contributed by atoms with E-state index >= 15 is 0 Å². The van der Waals surface area contributed by atoms with E-state index in [0.29, 0.717) is 0 Å². The van der Waals surface area contributed by atoms with Gasteiger partial charge in [-0.1, -0.05) is 0 Å². The van der Waals surface area contributed by atoms with Gasteiger partial charge in [0.15, 0.2) is 5.78 Å². The fourth-order valence-electron chi connectivity index (χ4n) is 1.34. The first-order valence-corrected chi connectivity index (χ1v) is 5.80. The molecule has 1 N–H and O–H groups in total. The van der Waals surface area contributed by atoms with E-state index in [1.165, 1.54) is 13.3 Å². The molecule has 104 valence electrons. The van der Waals surface area contributed by atoms with Gasteiger partial charge in [0.1, 0.15) is 18.0 Å². The van der Waals surface area contributed by atoms with Crippen LogP contribution in [0.2, 0.25) is 0 Å². The number of amides is 1. The summed E-state index contributed by atoms with van der Waals surface area (Å²) < 4.78 is 9.88. The van der Waals surface area contributed by atoms with Crippen LogP contribution in [0.15, 0.2) is 18.3 Å². The largest absolute Gasteiger partial charge is 0.444 e. The van der Waals surface area contributed by atoms with Gasteiger partial charge in [-0.25, -0.2) is 9.78 Å². The summed E-state index contributed by atoms with van der Waals surface area (Å²) in [6.45, 7) is 5.18. The molecule has 1 rings (SSSR count). The average Bonchev–Trinajstić information content (AvgIpc) is 2.27. The monoisotopic (exact) mass is 266 g/mol. The van der Waals surface area contributed by atoms with Gasteiger partial charge in [0.2, 0.25) is 0 Å². The molecule has 19 heavy (non-hydrogen) atoms. The summed E-state index contributed by atoms with van der Waals surface area (Å²) in [6.07, 6.45) is 0.827. The standard InChI is InChI=1S/C13H18N2O4/c1-13(2,3)19-12(17)15-11-9(6-5-7-14-11)10(16)8-18-4/h5-7H,8H2,1-4H3,(H,14,15,17). The molecule has 0 saturated heterocycles. The van der Waals surface area contributed by atoms with Gasteiger partial charge < -0.3 is 9.47 Å². The van der Waals surface area contributed by atoms with E-state index in [-0.39, 0.29) is 23.8 Å². The number of ketones is 1. The van der Waals surface area contributed by atoms with Crippen LogP contribution in [0.25, 0.3) is 0 Å². The van der Waals surface area contributed by atoms with Crippen molar-refractivity contribution in [2.24, 2.45) is 0 Å². The van der Waals surface area contributed by atoms with Crippen LogP contribution in [-0.2, 0) is 9.47 Å². The third-order valence-electron chi connectivity index (χ3n) is 2.00. The number of nitrogens with zero attached hydrogens (tertiary/aromatic N) is 1. The van der Waals surface area contributed by atoms with Crippen molar-refractivity contribution in [2.75, 3.05) is 19.0 Å². The second-order valence-electron chi connectivity index (χ2n) is 4.88. The molecule has 1 aromatic rings. The molecule has 0 bridgehead atoms. The van der Waals surface area contributed by atoms with E-state index in [0.717, 1.165) is 0 Å². The van der Waals surface area contributed by atoms with Crippen LogP contribution in [0, 0.1) is 0 Å². The minimum atomic E-state index is -0.655. The van der Waals surface area contributed by atoms with E-state index in [9.17, 15) is 9.59 Å². The normalized spacial score (nSPS) is 10.9. The summed E-state index contributed by atoms with van der Waals surface area (Å²) in [4.78, 5) is 27.4. The lowest BCUT2D eigenvalue weighted by Gasteiger charge is -2.19. The highest BCUT2D eigenvalue weighted by molar-refractivity contribution is 6.03. The van der Waals surface area contributed by atoms with Crippen LogP contribution in [0.1, 0.15) is 31.1 Å². The Labute approximate surface area is 112 Å². The van der Waals surface area contributed by atoms with Crippen molar-refractivity contribution < 1.29 is 19.1 Å². The number of aromatic nitrogens is 1. The van der Waals surface area contributed by atoms with Crippen molar-refractivity contribution >= 4 is 17.7 Å². The van der Waals surface area contributed by atoms with Gasteiger partial charge >= 0.3 is 6.09 Å². The van der Waals surface area contributed by atoms with Gasteiger partial charge in [-0.15, -0.1) is 0 Å². The first-order valence-electron chi connectivity index (χ1n) is 5.80. The lowest BCUT2D eigenvalue weighted by molar-refractivity contribution is 0.0635. The van der Waals surface area contributed by atoms with Gasteiger partial charge in [-0.05, 0) is 32.9 Å². The van der Waals surface area contributed by atoms with Gasteiger partial charge in [0.25, 0.3) is 0 Å². The summed E-state index contributed by atoms with van der Waals surface area (Å²) in [6, 6.07) is 3.18. The molecule has 0 aromatic carbocycles. The number of Topliss-reactive ketones (excluding diaryl/α,β-unsaturated/α-hetero) is 1. The van der Waals surface area contributed by atoms with Crippen molar-refractivity contribution in [1.29, 1.82) is 0 Å². The predicted molar refractivity (Wildman–Crippen MR) is 70.3 cm³/mol. The number of carbonyl (C=O) groups is 2. The van der Waals surface area contributed by atoms with E-state index in [2.05, 4.69) is 10.3 Å². The summed E-state index contributed by atoms with van der Waals surface area (Å²) in [7, 11) is 1.43. The van der Waals surface area contributed by atoms with Gasteiger partial charge in [-0.2, -0.15) is 0 Å². The molecule has 1 heterocycles. The minimum Gasteiger partial charge on any atom is -0.444 e. The maximum atomic E-state index is 11.8. The third-order valence-corrected chi connectivity index (χ3v) is 2.00. The Kier molecular flexibility index (Phi) is 5.00. The molecule has 1 aromatic heterocycles. The van der Waals surface area contributed by atoms with E-state index in [4.69, 9.17) is 9.47 Å². The molecule has 0 unspecified atom stereocenters. The molecule has 0 spiro atoms. The number of nitrogens with one attached hydrogen (secondary N) is 1. The van der Waals surface area contributed by atoms with Crippen molar-refractivity contribution in [3.05, 3.63) is 23.9 Å². The van der Waals surface area contributed by atoms with Crippen LogP contribution in [0.4, 0.5) is 10.6 Å². The Bertz CT molecular complexity index is 466. The smallest absolute Gasteiger partial charge is 0.413 e. The molecule has 0 fully saturated rings. The Hall–Kier alpha value is -1.95. The topological polar surface area (TPSA) is 77.5 Å². The maximum Gasteiger partial charge on any atom is 0.413 e. The van der Waals surface area contributed by atoms with Crippen molar-refractivity contribution in [2.45, 2.75) is 26.4 Å². The van der Waals surface area contributed by atoms with Crippen LogP contribution in [0.5, 0.6) is 0 Å². The molecular formula is C13H18N2O4. The van der Waals surface area contributed by atoms with Crippen LogP contribution >= 0.6 is 0 Å². The zero-order valence-corrected chi connectivity index (χ0v) is 11.5. The molecule has 0 aliphatic heterocycles. The molecular weight excluding hydrogens is 248 g/mol. The van der Waals surface area contributed by atoms with Crippen molar-refractivity contribution in [1.82, 2.24) is 4.98 Å². The molecule has 0 radical (unpaired) electrons. The summed E-state index contributed by atoms with van der Waals surface area (Å²) >= 11 is 0. The first kappa shape index (κ1) is 15.1. The zero-order chi connectivity index (χ0) is 14.5. The lowest BCUT2D eigenvalue weighted by Crippen LogP contribution is -2.28. The first-order chi connectivity index (χ1) is 8.83. The number of hydrogen-bond acceptors (Lipinski definition) is 5. The summed E-state index contributed by atoms with van der Waals surface area (Å²) in [5.41, 5.74) is -0.328. The molecule has 6 heteroatoms. The van der Waals surface area contributed by atoms with E-state index in [1.807, 2.05) is 0 Å². The van der Waals surface area contributed by atoms with E-state index in [1.54, 1.807) is 32.9 Å². The quantitative estimate of drug-likeness (QED) is 0.846. The highest BCUT2D eigenvalue weighted by atomic mass is 16.6. The fraction of sp³-hybridized carbons (Fsp3) is 0.462. The molecule has 0 atom stereocenters. The van der Waals surface area contributed by atoms with Crippen LogP contribution < -0.4 is 5.32 Å². The van der Waals surface area contributed by atoms with Gasteiger partial charge in [-0.3, -0.25) is 10.1 Å². The predicted octanol–water partition coefficient (Wildman–Crippen LogP) is 2.26. The second-order valence-corrected chi connectivity index (χ2v) is 4.88. The Balaban J connectivity index is 2.84.